The van der Waals surface area contributed by atoms with Gasteiger partial charge in [0.05, 0.1) is 23.6 Å². The van der Waals surface area contributed by atoms with E-state index in [0.717, 1.165) is 0 Å². The summed E-state index contributed by atoms with van der Waals surface area (Å²) in [6, 6.07) is 10.4. The highest BCUT2D eigenvalue weighted by atomic mass is 35.5. The fourth-order valence-electron chi connectivity index (χ4n) is 2.15. The fourth-order valence-corrected chi connectivity index (χ4v) is 2.42. The summed E-state index contributed by atoms with van der Waals surface area (Å²) >= 11 is 6.04. The molecular formula is C15H12ClN3O2. The minimum absolute atomic E-state index is 0.0351. The Kier molecular flexibility index (Phi) is 3.68. The smallest absolute Gasteiger partial charge is 0.276 e. The van der Waals surface area contributed by atoms with Crippen LogP contribution < -0.4 is 5.56 Å². The normalized spacial score (nSPS) is 12.5. The molecule has 1 unspecified atom stereocenters. The van der Waals surface area contributed by atoms with E-state index in [-0.39, 0.29) is 12.1 Å². The van der Waals surface area contributed by atoms with Crippen molar-refractivity contribution in [2.24, 2.45) is 0 Å². The van der Waals surface area contributed by atoms with E-state index in [1.165, 1.54) is 10.9 Å². The Balaban J connectivity index is 1.97. The Hall–Kier alpha value is -2.24. The van der Waals surface area contributed by atoms with Gasteiger partial charge in [0.2, 0.25) is 0 Å². The van der Waals surface area contributed by atoms with Crippen LogP contribution in [-0.4, -0.2) is 19.9 Å². The Morgan fingerprint density at radius 1 is 1.24 bits per heavy atom. The molecule has 6 heteroatoms. The third-order valence-corrected chi connectivity index (χ3v) is 3.58. The first-order valence-electron chi connectivity index (χ1n) is 6.40. The van der Waals surface area contributed by atoms with E-state index in [1.807, 2.05) is 0 Å². The maximum Gasteiger partial charge on any atom is 0.276 e. The second kappa shape index (κ2) is 5.63. The van der Waals surface area contributed by atoms with E-state index in [1.54, 1.807) is 42.6 Å². The third-order valence-electron chi connectivity index (χ3n) is 3.23. The lowest BCUT2D eigenvalue weighted by Gasteiger charge is -2.13. The summed E-state index contributed by atoms with van der Waals surface area (Å²) in [5.74, 6) is 0. The maximum absolute atomic E-state index is 12.3. The molecule has 0 amide bonds. The number of aliphatic hydroxyl groups is 1. The minimum Gasteiger partial charge on any atom is -0.386 e. The molecule has 0 spiro atoms. The van der Waals surface area contributed by atoms with Crippen LogP contribution in [0.25, 0.3) is 10.9 Å². The third kappa shape index (κ3) is 2.66. The summed E-state index contributed by atoms with van der Waals surface area (Å²) in [5, 5.41) is 15.2. The van der Waals surface area contributed by atoms with E-state index >= 15 is 0 Å². The van der Waals surface area contributed by atoms with Crippen molar-refractivity contribution in [3.05, 3.63) is 69.7 Å². The van der Waals surface area contributed by atoms with Crippen molar-refractivity contribution in [2.45, 2.75) is 12.6 Å². The van der Waals surface area contributed by atoms with Crippen LogP contribution in [0.15, 0.2) is 53.6 Å². The monoisotopic (exact) mass is 301 g/mol. The van der Waals surface area contributed by atoms with Gasteiger partial charge >= 0.3 is 0 Å². The van der Waals surface area contributed by atoms with Crippen LogP contribution in [0.5, 0.6) is 0 Å². The van der Waals surface area contributed by atoms with Crippen LogP contribution in [0.1, 0.15) is 11.7 Å². The van der Waals surface area contributed by atoms with Crippen LogP contribution in [0.3, 0.4) is 0 Å². The van der Waals surface area contributed by atoms with E-state index in [2.05, 4.69) is 10.1 Å². The molecule has 3 aromatic rings. The van der Waals surface area contributed by atoms with Gasteiger partial charge in [-0.15, -0.1) is 0 Å². The maximum atomic E-state index is 12.3. The minimum atomic E-state index is -0.905. The predicted octanol–water partition coefficient (Wildman–Crippen LogP) is 2.18. The van der Waals surface area contributed by atoms with Crippen LogP contribution >= 0.6 is 11.6 Å². The van der Waals surface area contributed by atoms with Gasteiger partial charge in [0, 0.05) is 16.8 Å². The SMILES string of the molecule is O=c1c2cccnc2cnn1CC(O)c1ccccc1Cl. The second-order valence-electron chi connectivity index (χ2n) is 4.61. The average molecular weight is 302 g/mol. The number of pyridine rings is 1. The first-order valence-corrected chi connectivity index (χ1v) is 6.78. The van der Waals surface area contributed by atoms with E-state index in [0.29, 0.717) is 21.5 Å². The van der Waals surface area contributed by atoms with Crippen molar-refractivity contribution < 1.29 is 5.11 Å². The van der Waals surface area contributed by atoms with Crippen LogP contribution in [0, 0.1) is 0 Å². The lowest BCUT2D eigenvalue weighted by atomic mass is 10.1. The predicted molar refractivity (Wildman–Crippen MR) is 80.2 cm³/mol. The van der Waals surface area contributed by atoms with E-state index in [9.17, 15) is 9.90 Å². The van der Waals surface area contributed by atoms with Gasteiger partial charge in [-0.2, -0.15) is 5.10 Å². The summed E-state index contributed by atoms with van der Waals surface area (Å²) in [6.45, 7) is 0.0351. The molecule has 0 aliphatic heterocycles. The molecule has 1 aromatic carbocycles. The number of nitrogens with zero attached hydrogens (tertiary/aromatic N) is 3. The summed E-state index contributed by atoms with van der Waals surface area (Å²) in [5.41, 5.74) is 0.817. The molecule has 1 atom stereocenters. The van der Waals surface area contributed by atoms with Crippen LogP contribution in [0.2, 0.25) is 5.02 Å². The first-order chi connectivity index (χ1) is 10.2. The highest BCUT2D eigenvalue weighted by molar-refractivity contribution is 6.31. The number of aromatic nitrogens is 3. The van der Waals surface area contributed by atoms with Gasteiger partial charge in [0.15, 0.2) is 0 Å². The van der Waals surface area contributed by atoms with Gasteiger partial charge < -0.3 is 5.11 Å². The molecule has 2 aromatic heterocycles. The molecule has 0 bridgehead atoms. The number of halogens is 1. The van der Waals surface area contributed by atoms with Crippen molar-refractivity contribution in [1.82, 2.24) is 14.8 Å². The van der Waals surface area contributed by atoms with Gasteiger partial charge in [0.1, 0.15) is 6.10 Å². The van der Waals surface area contributed by atoms with Crippen LogP contribution in [-0.2, 0) is 6.54 Å². The lowest BCUT2D eigenvalue weighted by molar-refractivity contribution is 0.149. The van der Waals surface area contributed by atoms with Crippen LogP contribution in [0.4, 0.5) is 0 Å². The molecule has 2 heterocycles. The zero-order chi connectivity index (χ0) is 14.8. The van der Waals surface area contributed by atoms with Crippen molar-refractivity contribution in [3.8, 4) is 0 Å². The summed E-state index contributed by atoms with van der Waals surface area (Å²) in [7, 11) is 0. The Labute approximate surface area is 125 Å². The zero-order valence-electron chi connectivity index (χ0n) is 11.0. The Morgan fingerprint density at radius 2 is 2.05 bits per heavy atom. The van der Waals surface area contributed by atoms with Crippen molar-refractivity contribution in [3.63, 3.8) is 0 Å². The highest BCUT2D eigenvalue weighted by Crippen LogP contribution is 2.23. The molecule has 3 rings (SSSR count). The molecule has 0 fully saturated rings. The quantitative estimate of drug-likeness (QED) is 0.805. The average Bonchev–Trinajstić information content (AvgIpc) is 2.51. The summed E-state index contributed by atoms with van der Waals surface area (Å²) in [4.78, 5) is 16.4. The molecule has 21 heavy (non-hydrogen) atoms. The molecule has 1 N–H and O–H groups in total. The number of rotatable bonds is 3. The molecule has 0 saturated heterocycles. The number of fused-ring (bicyclic) bond motifs is 1. The Morgan fingerprint density at radius 3 is 2.86 bits per heavy atom. The standard InChI is InChI=1S/C15H12ClN3O2/c16-12-6-2-1-4-10(12)14(20)9-19-15(21)11-5-3-7-17-13(11)8-18-19/h1-8,14,20H,9H2. The van der Waals surface area contributed by atoms with E-state index < -0.39 is 6.10 Å². The van der Waals surface area contributed by atoms with E-state index in [4.69, 9.17) is 11.6 Å². The van der Waals surface area contributed by atoms with Crippen molar-refractivity contribution >= 4 is 22.5 Å². The van der Waals surface area contributed by atoms with Gasteiger partial charge in [-0.25, -0.2) is 4.68 Å². The number of aliphatic hydroxyl groups excluding tert-OH is 1. The number of hydrogen-bond donors (Lipinski definition) is 1. The topological polar surface area (TPSA) is 68.0 Å². The van der Waals surface area contributed by atoms with Gasteiger partial charge in [0.25, 0.3) is 5.56 Å². The summed E-state index contributed by atoms with van der Waals surface area (Å²) in [6.07, 6.45) is 2.21. The molecule has 5 nitrogen and oxygen atoms in total. The zero-order valence-corrected chi connectivity index (χ0v) is 11.7. The largest absolute Gasteiger partial charge is 0.386 e. The molecule has 0 aliphatic rings. The van der Waals surface area contributed by atoms with Crippen molar-refractivity contribution in [1.29, 1.82) is 0 Å². The second-order valence-corrected chi connectivity index (χ2v) is 5.01. The Bertz CT molecular complexity index is 847. The molecular weight excluding hydrogens is 290 g/mol. The molecule has 106 valence electrons. The first kappa shape index (κ1) is 13.7. The number of benzene rings is 1. The molecule has 0 radical (unpaired) electrons. The fraction of sp³-hybridized carbons (Fsp3) is 0.133. The highest BCUT2D eigenvalue weighted by Gasteiger charge is 2.14. The van der Waals surface area contributed by atoms with Gasteiger partial charge in [-0.1, -0.05) is 29.8 Å². The summed E-state index contributed by atoms with van der Waals surface area (Å²) < 4.78 is 1.22. The molecule has 0 saturated carbocycles. The lowest BCUT2D eigenvalue weighted by Crippen LogP contribution is -2.26. The molecule has 0 aliphatic carbocycles. The van der Waals surface area contributed by atoms with Gasteiger partial charge in [-0.05, 0) is 18.2 Å². The van der Waals surface area contributed by atoms with Crippen molar-refractivity contribution in [2.75, 3.05) is 0 Å². The van der Waals surface area contributed by atoms with Gasteiger partial charge in [-0.3, -0.25) is 9.78 Å². The number of hydrogen-bond acceptors (Lipinski definition) is 4.